The van der Waals surface area contributed by atoms with Crippen molar-refractivity contribution >= 4 is 120 Å². The molecule has 0 aromatic heterocycles. The van der Waals surface area contributed by atoms with Crippen molar-refractivity contribution in [2.75, 3.05) is 52.6 Å². The molecular weight excluding hydrogens is 1770 g/mol. The fourth-order valence-electron chi connectivity index (χ4n) is 14.4. The standard InChI is InChI=1S/2C38H48N10O18/c2*1-15(49)45-25-19(47-33(39)40)11-21(31(51)52)61-29(25)27(23-13-59-37(57)63-23)65-35(55)43-8-6-17-4-3-5-18(10-17)7-9-44-36(56)66-28(24-14-60-38(58)64-24)30-26(46-16(2)50)20(48-34(41)42)12-22(62-30)32(53)54/h2*3-5,10-12,19-20,23-30H,6-9,13-14H2,1-2H3,(H,43,55)(H,44,56)(H,45,49)(H,46,50)(H,51,52)(H,53,54)(H4,39,40,47)(H4,41,42,48)/t2*19-,20-,23+,24+,25+,26+,27+,28+,29+,30+/m00/s1. The lowest BCUT2D eigenvalue weighted by Crippen LogP contribution is -2.61. The number of rotatable bonds is 36. The van der Waals surface area contributed by atoms with E-state index in [1.807, 2.05) is 0 Å². The minimum absolute atomic E-state index is 0.0134. The number of aliphatic imine (C=N–C) groups is 4. The van der Waals surface area contributed by atoms with Crippen molar-refractivity contribution in [2.45, 2.75) is 175 Å². The summed E-state index contributed by atoms with van der Waals surface area (Å²) in [6.45, 7) is 2.91. The van der Waals surface area contributed by atoms with Crippen LogP contribution in [0.3, 0.4) is 0 Å². The first-order valence-corrected chi connectivity index (χ1v) is 39.7. The number of carbonyl (C=O) groups is 16. The first-order valence-electron chi connectivity index (χ1n) is 39.7. The Bertz CT molecular complexity index is 4360. The van der Waals surface area contributed by atoms with Crippen LogP contribution in [0.15, 0.2) is 116 Å². The molecule has 28 N–H and O–H groups in total. The van der Waals surface area contributed by atoms with Gasteiger partial charge in [0, 0.05) is 53.9 Å². The van der Waals surface area contributed by atoms with Crippen LogP contribution in [-0.2, 0) is 140 Å². The van der Waals surface area contributed by atoms with E-state index in [1.165, 1.54) is 0 Å². The number of carboxylic acids is 4. The van der Waals surface area contributed by atoms with Crippen LogP contribution in [0.25, 0.3) is 0 Å². The highest BCUT2D eigenvalue weighted by molar-refractivity contribution is 5.88. The number of carboxylic acid groups (broad SMARTS) is 4. The SMILES string of the molecule is CC(=O)N[C@H]1[C@H]([C@H](OC(=O)NCCc2cccc(CCNC(=O)O[C@@H]([C@@H]3OC(C(=O)O)=C[C@H](N=C(N)N)[C@H]3NC(C)=O)[C@H]3COC(=O)O3)c2)[C@H]2COC(=O)O2)OC(C(=O)O)=C[C@@H]1N=C(N)N.CC(=O)N[C@H]1[C@H]([C@H](OC(=O)NCCc2cccc(CCNC(=O)O[C@@H]([C@@H]3OC(C(=O)O)=C[C@H](N=C(N)N)[C@H]3NC(C)=O)[C@H]3COC(=O)O3)c2)[C@H]2COC(=O)O2)OC(C(=O)O)=C[C@@H]1N=C(N)N. The van der Waals surface area contributed by atoms with Crippen molar-refractivity contribution in [3.63, 3.8) is 0 Å². The quantitative estimate of drug-likeness (QED) is 0.0131. The summed E-state index contributed by atoms with van der Waals surface area (Å²) in [4.78, 5) is 214. The molecule has 8 aliphatic rings. The molecule has 2 aromatic carbocycles. The number of nitrogens with zero attached hydrogens (tertiary/aromatic N) is 4. The predicted octanol–water partition coefficient (Wildman–Crippen LogP) is -5.88. The van der Waals surface area contributed by atoms with Crippen LogP contribution in [0.2, 0.25) is 0 Å². The summed E-state index contributed by atoms with van der Waals surface area (Å²) in [5, 5.41) is 59.6. The van der Waals surface area contributed by atoms with E-state index in [2.05, 4.69) is 62.5 Å². The van der Waals surface area contributed by atoms with Gasteiger partial charge in [-0.05, 0) is 72.2 Å². The number of benzene rings is 2. The molecule has 56 heteroatoms. The molecule has 0 spiro atoms. The molecule has 0 radical (unpaired) electrons. The van der Waals surface area contributed by atoms with Crippen molar-refractivity contribution < 1.29 is 173 Å². The maximum Gasteiger partial charge on any atom is 0.508 e. The van der Waals surface area contributed by atoms with Gasteiger partial charge < -0.3 is 185 Å². The zero-order valence-corrected chi connectivity index (χ0v) is 70.2. The zero-order chi connectivity index (χ0) is 96.5. The van der Waals surface area contributed by atoms with Crippen LogP contribution in [0, 0.1) is 0 Å². The lowest BCUT2D eigenvalue weighted by atomic mass is 9.92. The maximum atomic E-state index is 13.2. The Kier molecular flexibility index (Phi) is 34.5. The molecule has 10 rings (SSSR count). The van der Waals surface area contributed by atoms with Gasteiger partial charge in [0.25, 0.3) is 0 Å². The fourth-order valence-corrected chi connectivity index (χ4v) is 14.4. The van der Waals surface area contributed by atoms with Crippen LogP contribution in [-0.4, -0.2) is 315 Å². The molecule has 0 saturated carbocycles. The van der Waals surface area contributed by atoms with Gasteiger partial charge in [-0.25, -0.2) is 77.5 Å². The van der Waals surface area contributed by atoms with Crippen LogP contribution < -0.4 is 88.4 Å². The summed E-state index contributed by atoms with van der Waals surface area (Å²) >= 11 is 0. The fraction of sp³-hybridized carbons (Fsp3) is 0.474. The van der Waals surface area contributed by atoms with E-state index >= 15 is 0 Å². The molecule has 8 amide bonds. The van der Waals surface area contributed by atoms with Gasteiger partial charge in [-0.3, -0.25) is 19.2 Å². The predicted molar refractivity (Wildman–Crippen MR) is 437 cm³/mol. The Morgan fingerprint density at radius 1 is 0.341 bits per heavy atom. The number of guanidine groups is 4. The first kappa shape index (κ1) is 99.4. The van der Waals surface area contributed by atoms with Crippen LogP contribution in [0.5, 0.6) is 0 Å². The van der Waals surface area contributed by atoms with Crippen LogP contribution >= 0.6 is 0 Å². The van der Waals surface area contributed by atoms with Gasteiger partial charge in [-0.15, -0.1) is 0 Å². The Morgan fingerprint density at radius 2 is 0.538 bits per heavy atom. The summed E-state index contributed by atoms with van der Waals surface area (Å²) in [6, 6.07) is 4.28. The number of hydrogen-bond donors (Lipinski definition) is 20. The minimum Gasteiger partial charge on any atom is -0.477 e. The van der Waals surface area contributed by atoms with E-state index in [9.17, 15) is 97.1 Å². The Morgan fingerprint density at radius 3 is 0.697 bits per heavy atom. The molecule has 8 heterocycles. The summed E-state index contributed by atoms with van der Waals surface area (Å²) in [7, 11) is 0. The summed E-state index contributed by atoms with van der Waals surface area (Å²) < 4.78 is 85.5. The van der Waals surface area contributed by atoms with Crippen molar-refractivity contribution in [1.82, 2.24) is 42.5 Å². The second-order valence-corrected chi connectivity index (χ2v) is 29.5. The van der Waals surface area contributed by atoms with E-state index in [0.717, 1.165) is 74.3 Å². The first-order chi connectivity index (χ1) is 62.5. The Hall–Kier alpha value is -16.4. The third-order valence-electron chi connectivity index (χ3n) is 19.6. The normalized spacial score (nSPS) is 25.0. The largest absolute Gasteiger partial charge is 0.508 e. The number of carbonyl (C=O) groups excluding carboxylic acids is 12. The van der Waals surface area contributed by atoms with E-state index in [-0.39, 0.29) is 51.9 Å². The Labute approximate surface area is 744 Å². The van der Waals surface area contributed by atoms with Gasteiger partial charge in [0.1, 0.15) is 26.4 Å². The molecular formula is C76H96N20O36. The lowest BCUT2D eigenvalue weighted by molar-refractivity contribution is -0.145. The molecule has 2 aromatic rings. The zero-order valence-electron chi connectivity index (χ0n) is 70.2. The highest BCUT2D eigenvalue weighted by Crippen LogP contribution is 2.35. The van der Waals surface area contributed by atoms with Crippen molar-refractivity contribution in [2.24, 2.45) is 65.8 Å². The molecule has 4 fully saturated rings. The van der Waals surface area contributed by atoms with Crippen molar-refractivity contribution in [1.29, 1.82) is 0 Å². The number of alkyl carbamates (subject to hydrolysis) is 4. The van der Waals surface area contributed by atoms with Gasteiger partial charge in [-0.2, -0.15) is 0 Å². The monoisotopic (exact) mass is 1860 g/mol. The third kappa shape index (κ3) is 28.8. The smallest absolute Gasteiger partial charge is 0.477 e. The molecule has 4 saturated heterocycles. The maximum absolute atomic E-state index is 13.2. The number of nitrogens with one attached hydrogen (secondary N) is 8. The molecule has 56 nitrogen and oxygen atoms in total. The molecule has 8 aliphatic heterocycles. The number of hydrogen-bond acceptors (Lipinski definition) is 36. The molecule has 132 heavy (non-hydrogen) atoms. The summed E-state index contributed by atoms with van der Waals surface area (Å²) in [6.07, 6.45) is -21.0. The number of nitrogens with two attached hydrogens (primary N) is 8. The molecule has 716 valence electrons. The third-order valence-corrected chi connectivity index (χ3v) is 19.6. The highest BCUT2D eigenvalue weighted by atomic mass is 16.8. The van der Waals surface area contributed by atoms with Crippen LogP contribution in [0.1, 0.15) is 49.9 Å². The molecule has 0 aliphatic carbocycles. The highest BCUT2D eigenvalue weighted by Gasteiger charge is 2.55. The van der Waals surface area contributed by atoms with Crippen LogP contribution in [0.4, 0.5) is 38.4 Å². The summed E-state index contributed by atoms with van der Waals surface area (Å²) in [5.41, 5.74) is 47.4. The van der Waals surface area contributed by atoms with E-state index in [4.69, 9.17) is 122 Å². The van der Waals surface area contributed by atoms with E-state index in [1.54, 1.807) is 48.5 Å². The second kappa shape index (κ2) is 45.8. The topological polar surface area (TPSA) is 856 Å². The molecule has 20 atom stereocenters. The average Bonchev–Trinajstić information content (AvgIpc) is 1.27. The number of cyclic esters (lactones) is 8. The van der Waals surface area contributed by atoms with E-state index < -0.39 is 291 Å². The molecule has 0 bridgehead atoms. The number of aliphatic carboxylic acids is 4. The number of amides is 8. The number of ether oxygens (including phenoxy) is 16. The summed E-state index contributed by atoms with van der Waals surface area (Å²) in [5.74, 6) is -13.0. The van der Waals surface area contributed by atoms with Crippen molar-refractivity contribution in [3.8, 4) is 0 Å². The van der Waals surface area contributed by atoms with Gasteiger partial charge in [0.2, 0.25) is 46.7 Å². The minimum atomic E-state index is -1.57. The average molecular weight is 1870 g/mol. The Balaban J connectivity index is 0.000000297. The van der Waals surface area contributed by atoms with E-state index in [0.29, 0.717) is 0 Å². The van der Waals surface area contributed by atoms with Gasteiger partial charge in [0.15, 0.2) is 97.1 Å². The van der Waals surface area contributed by atoms with Crippen molar-refractivity contribution in [3.05, 3.63) is 118 Å². The van der Waals surface area contributed by atoms with Gasteiger partial charge in [-0.1, -0.05) is 48.5 Å². The second-order valence-electron chi connectivity index (χ2n) is 29.5. The lowest BCUT2D eigenvalue weighted by Gasteiger charge is -2.39. The molecule has 0 unspecified atom stereocenters. The van der Waals surface area contributed by atoms with Gasteiger partial charge in [0.05, 0.1) is 48.3 Å². The van der Waals surface area contributed by atoms with Gasteiger partial charge >= 0.3 is 72.9 Å².